The Morgan fingerprint density at radius 1 is 1.12 bits per heavy atom. The van der Waals surface area contributed by atoms with Gasteiger partial charge < -0.3 is 9.30 Å². The molecule has 2 aromatic carbocycles. The quantitative estimate of drug-likeness (QED) is 0.475. The first-order chi connectivity index (χ1) is 12.6. The number of imidazole rings is 1. The number of hydrogen-bond donors (Lipinski definition) is 0. The average molecular weight is 369 g/mol. The van der Waals surface area contributed by atoms with Crippen molar-refractivity contribution in [3.05, 3.63) is 58.4 Å². The van der Waals surface area contributed by atoms with Gasteiger partial charge in [-0.2, -0.15) is 0 Å². The lowest BCUT2D eigenvalue weighted by molar-refractivity contribution is 0.303. The predicted octanol–water partition coefficient (Wildman–Crippen LogP) is 6.04. The first kappa shape index (κ1) is 17.4. The van der Waals surface area contributed by atoms with E-state index in [2.05, 4.69) is 28.8 Å². The van der Waals surface area contributed by atoms with Crippen molar-refractivity contribution in [3.8, 4) is 5.75 Å². The van der Waals surface area contributed by atoms with Gasteiger partial charge in [0.05, 0.1) is 17.6 Å². The molecule has 3 nitrogen and oxygen atoms in total. The zero-order valence-corrected chi connectivity index (χ0v) is 16.2. The molecule has 0 amide bonds. The zero-order chi connectivity index (χ0) is 18.1. The maximum atomic E-state index is 6.22. The van der Waals surface area contributed by atoms with E-state index in [9.17, 15) is 0 Å². The molecule has 0 unspecified atom stereocenters. The van der Waals surface area contributed by atoms with E-state index in [4.69, 9.17) is 21.3 Å². The van der Waals surface area contributed by atoms with Crippen LogP contribution in [0.5, 0.6) is 5.75 Å². The van der Waals surface area contributed by atoms with Crippen LogP contribution in [-0.2, 0) is 6.54 Å². The van der Waals surface area contributed by atoms with Crippen LogP contribution in [-0.4, -0.2) is 16.2 Å². The summed E-state index contributed by atoms with van der Waals surface area (Å²) in [6, 6.07) is 12.5. The van der Waals surface area contributed by atoms with Gasteiger partial charge in [0.15, 0.2) is 0 Å². The number of para-hydroxylation sites is 2. The molecule has 1 heterocycles. The van der Waals surface area contributed by atoms with Gasteiger partial charge in [-0.25, -0.2) is 4.98 Å². The van der Waals surface area contributed by atoms with E-state index in [1.165, 1.54) is 24.2 Å². The Bertz CT molecular complexity index is 904. The van der Waals surface area contributed by atoms with Crippen molar-refractivity contribution in [2.24, 2.45) is 0 Å². The Balaban J connectivity index is 1.35. The number of aromatic nitrogens is 2. The van der Waals surface area contributed by atoms with E-state index < -0.39 is 0 Å². The Hall–Kier alpha value is -2.00. The van der Waals surface area contributed by atoms with Crippen molar-refractivity contribution in [2.45, 2.75) is 52.0 Å². The molecule has 0 saturated heterocycles. The minimum absolute atomic E-state index is 0.665. The number of hydrogen-bond acceptors (Lipinski definition) is 2. The van der Waals surface area contributed by atoms with Gasteiger partial charge in [-0.1, -0.05) is 23.7 Å². The monoisotopic (exact) mass is 368 g/mol. The van der Waals surface area contributed by atoms with Crippen molar-refractivity contribution < 1.29 is 4.74 Å². The van der Waals surface area contributed by atoms with Crippen LogP contribution in [0.3, 0.4) is 0 Å². The van der Waals surface area contributed by atoms with Gasteiger partial charge in [0.2, 0.25) is 0 Å². The molecule has 0 spiro atoms. The molecule has 4 rings (SSSR count). The molecule has 136 valence electrons. The van der Waals surface area contributed by atoms with Crippen molar-refractivity contribution >= 4 is 22.6 Å². The van der Waals surface area contributed by atoms with Gasteiger partial charge in [0.1, 0.15) is 11.6 Å². The Labute approximate surface area is 160 Å². The molecule has 3 aromatic rings. The molecule has 26 heavy (non-hydrogen) atoms. The SMILES string of the molecule is Cc1cc(OCCCCn2c(C3CC3)nc3ccccc32)cc(C)c1Cl. The van der Waals surface area contributed by atoms with E-state index >= 15 is 0 Å². The Kier molecular flexibility index (Phi) is 4.90. The number of rotatable bonds is 7. The highest BCUT2D eigenvalue weighted by atomic mass is 35.5. The number of benzene rings is 2. The zero-order valence-electron chi connectivity index (χ0n) is 15.5. The van der Waals surface area contributed by atoms with E-state index in [1.54, 1.807) is 0 Å². The molecule has 4 heteroatoms. The van der Waals surface area contributed by atoms with Crippen molar-refractivity contribution in [3.63, 3.8) is 0 Å². The van der Waals surface area contributed by atoms with Crippen molar-refractivity contribution in [1.82, 2.24) is 9.55 Å². The highest BCUT2D eigenvalue weighted by Gasteiger charge is 2.29. The van der Waals surface area contributed by atoms with Crippen LogP contribution in [0.1, 0.15) is 48.6 Å². The van der Waals surface area contributed by atoms with E-state index in [0.717, 1.165) is 53.4 Å². The van der Waals surface area contributed by atoms with E-state index in [0.29, 0.717) is 5.92 Å². The maximum Gasteiger partial charge on any atom is 0.119 e. The largest absolute Gasteiger partial charge is 0.494 e. The van der Waals surface area contributed by atoms with Crippen LogP contribution in [0.15, 0.2) is 36.4 Å². The highest BCUT2D eigenvalue weighted by molar-refractivity contribution is 6.32. The van der Waals surface area contributed by atoms with Gasteiger partial charge in [-0.05, 0) is 74.9 Å². The van der Waals surface area contributed by atoms with E-state index in [1.807, 2.05) is 26.0 Å². The second-order valence-corrected chi connectivity index (χ2v) is 7.69. The third-order valence-corrected chi connectivity index (χ3v) is 5.68. The normalized spacial score (nSPS) is 14.1. The van der Waals surface area contributed by atoms with Crippen LogP contribution in [0.4, 0.5) is 0 Å². The van der Waals surface area contributed by atoms with Crippen LogP contribution in [0.25, 0.3) is 11.0 Å². The maximum absolute atomic E-state index is 6.22. The number of unbranched alkanes of at least 4 members (excludes halogenated alkanes) is 1. The van der Waals surface area contributed by atoms with Crippen molar-refractivity contribution in [2.75, 3.05) is 6.61 Å². The molecule has 1 saturated carbocycles. The molecular formula is C22H25ClN2O. The summed E-state index contributed by atoms with van der Waals surface area (Å²) in [7, 11) is 0. The summed E-state index contributed by atoms with van der Waals surface area (Å²) in [4.78, 5) is 4.87. The molecular weight excluding hydrogens is 344 g/mol. The molecule has 1 aliphatic carbocycles. The summed E-state index contributed by atoms with van der Waals surface area (Å²) in [5, 5.41) is 0.831. The van der Waals surface area contributed by atoms with Gasteiger partial charge >= 0.3 is 0 Å². The minimum atomic E-state index is 0.665. The number of ether oxygens (including phenoxy) is 1. The summed E-state index contributed by atoms with van der Waals surface area (Å²) in [5.41, 5.74) is 4.53. The van der Waals surface area contributed by atoms with Gasteiger partial charge in [-0.15, -0.1) is 0 Å². The summed E-state index contributed by atoms with van der Waals surface area (Å²) < 4.78 is 8.36. The molecule has 0 atom stereocenters. The average Bonchev–Trinajstić information content (AvgIpc) is 3.41. The smallest absolute Gasteiger partial charge is 0.119 e. The molecule has 0 aliphatic heterocycles. The summed E-state index contributed by atoms with van der Waals surface area (Å²) in [5.74, 6) is 2.85. The molecule has 1 aromatic heterocycles. The van der Waals surface area contributed by atoms with Crippen LogP contribution in [0, 0.1) is 13.8 Å². The summed E-state index contributed by atoms with van der Waals surface area (Å²) in [6.07, 6.45) is 4.67. The Morgan fingerprint density at radius 2 is 1.85 bits per heavy atom. The molecule has 0 radical (unpaired) electrons. The Morgan fingerprint density at radius 3 is 2.58 bits per heavy atom. The third kappa shape index (κ3) is 3.59. The third-order valence-electron chi connectivity index (χ3n) is 5.08. The summed E-state index contributed by atoms with van der Waals surface area (Å²) in [6.45, 7) is 5.78. The van der Waals surface area contributed by atoms with Gasteiger partial charge in [-0.3, -0.25) is 0 Å². The molecule has 0 N–H and O–H groups in total. The lowest BCUT2D eigenvalue weighted by atomic mass is 10.1. The van der Waals surface area contributed by atoms with Crippen molar-refractivity contribution in [1.29, 1.82) is 0 Å². The number of nitrogens with zero attached hydrogens (tertiary/aromatic N) is 2. The van der Waals surface area contributed by atoms with Crippen LogP contribution >= 0.6 is 11.6 Å². The van der Waals surface area contributed by atoms with Crippen LogP contribution < -0.4 is 4.74 Å². The number of halogens is 1. The second kappa shape index (κ2) is 7.32. The first-order valence-electron chi connectivity index (χ1n) is 9.48. The molecule has 0 bridgehead atoms. The second-order valence-electron chi connectivity index (χ2n) is 7.31. The first-order valence-corrected chi connectivity index (χ1v) is 9.86. The minimum Gasteiger partial charge on any atom is -0.494 e. The predicted molar refractivity (Wildman–Crippen MR) is 107 cm³/mol. The van der Waals surface area contributed by atoms with Gasteiger partial charge in [0.25, 0.3) is 0 Å². The number of fused-ring (bicyclic) bond motifs is 1. The highest BCUT2D eigenvalue weighted by Crippen LogP contribution is 2.40. The van der Waals surface area contributed by atoms with Gasteiger partial charge in [0, 0.05) is 17.5 Å². The molecule has 1 aliphatic rings. The fraction of sp³-hybridized carbons (Fsp3) is 0.409. The summed E-state index contributed by atoms with van der Waals surface area (Å²) >= 11 is 6.22. The lowest BCUT2D eigenvalue weighted by Crippen LogP contribution is -2.05. The van der Waals surface area contributed by atoms with E-state index in [-0.39, 0.29) is 0 Å². The molecule has 1 fully saturated rings. The number of aryl methyl sites for hydroxylation is 3. The standard InChI is InChI=1S/C22H25ClN2O/c1-15-13-18(14-16(2)21(15)23)26-12-6-5-11-25-20-8-4-3-7-19(20)24-22(25)17-9-10-17/h3-4,7-8,13-14,17H,5-6,9-12H2,1-2H3. The fourth-order valence-corrected chi connectivity index (χ4v) is 3.64. The lowest BCUT2D eigenvalue weighted by Gasteiger charge is -2.11. The fourth-order valence-electron chi connectivity index (χ4n) is 3.53. The van der Waals surface area contributed by atoms with Crippen LogP contribution in [0.2, 0.25) is 5.02 Å². The topological polar surface area (TPSA) is 27.1 Å².